The lowest BCUT2D eigenvalue weighted by molar-refractivity contribution is -0.137. The average Bonchev–Trinajstić information content (AvgIpc) is 2.65. The molecule has 0 amide bonds. The van der Waals surface area contributed by atoms with Gasteiger partial charge in [0.2, 0.25) is 0 Å². The van der Waals surface area contributed by atoms with E-state index in [4.69, 9.17) is 5.11 Å². The lowest BCUT2D eigenvalue weighted by Gasteiger charge is -2.02. The molecule has 2 aromatic carbocycles. The van der Waals surface area contributed by atoms with E-state index in [2.05, 4.69) is 6.07 Å². The van der Waals surface area contributed by atoms with Gasteiger partial charge in [0.1, 0.15) is 6.54 Å². The molecular weight excluding hydrogens is 214 g/mol. The number of hydrogen-bond acceptors (Lipinski definition) is 1. The lowest BCUT2D eigenvalue weighted by atomic mass is 10.2. The number of aliphatic carboxylic acids is 1. The molecule has 0 fully saturated rings. The Morgan fingerprint density at radius 2 is 1.94 bits per heavy atom. The zero-order valence-electron chi connectivity index (χ0n) is 9.05. The maximum Gasteiger partial charge on any atom is 0.323 e. The molecule has 1 heterocycles. The number of hydrogen-bond donors (Lipinski definition) is 1. The van der Waals surface area contributed by atoms with Gasteiger partial charge in [-0.1, -0.05) is 24.3 Å². The van der Waals surface area contributed by atoms with Crippen molar-refractivity contribution >= 4 is 27.8 Å². The zero-order valence-corrected chi connectivity index (χ0v) is 9.05. The Morgan fingerprint density at radius 1 is 1.18 bits per heavy atom. The molecule has 3 aromatic rings. The molecule has 0 saturated carbocycles. The fourth-order valence-electron chi connectivity index (χ4n) is 2.25. The summed E-state index contributed by atoms with van der Waals surface area (Å²) >= 11 is 0. The third kappa shape index (κ3) is 1.47. The van der Waals surface area contributed by atoms with Gasteiger partial charge in [0.15, 0.2) is 0 Å². The largest absolute Gasteiger partial charge is 0.480 e. The van der Waals surface area contributed by atoms with Crippen LogP contribution < -0.4 is 0 Å². The van der Waals surface area contributed by atoms with Gasteiger partial charge in [0, 0.05) is 21.8 Å². The van der Waals surface area contributed by atoms with E-state index in [1.54, 1.807) is 6.07 Å². The zero-order chi connectivity index (χ0) is 11.8. The van der Waals surface area contributed by atoms with Crippen LogP contribution in [0, 0.1) is 6.07 Å². The first-order valence-electron chi connectivity index (χ1n) is 5.36. The second-order valence-electron chi connectivity index (χ2n) is 3.94. The molecule has 3 rings (SSSR count). The predicted molar refractivity (Wildman–Crippen MR) is 65.9 cm³/mol. The fourth-order valence-corrected chi connectivity index (χ4v) is 2.25. The van der Waals surface area contributed by atoms with Crippen LogP contribution in [-0.2, 0) is 11.3 Å². The van der Waals surface area contributed by atoms with Gasteiger partial charge in [-0.3, -0.25) is 4.79 Å². The first-order valence-corrected chi connectivity index (χ1v) is 5.36. The van der Waals surface area contributed by atoms with Crippen molar-refractivity contribution in [3.05, 3.63) is 48.5 Å². The first-order chi connectivity index (χ1) is 8.27. The summed E-state index contributed by atoms with van der Waals surface area (Å²) < 4.78 is 1.82. The number of para-hydroxylation sites is 1. The number of carboxylic acids is 1. The minimum Gasteiger partial charge on any atom is -0.480 e. The normalized spacial score (nSPS) is 11.1. The molecule has 0 aliphatic rings. The van der Waals surface area contributed by atoms with Gasteiger partial charge in [0.25, 0.3) is 0 Å². The summed E-state index contributed by atoms with van der Waals surface area (Å²) in [5.74, 6) is -0.833. The molecule has 1 N–H and O–H groups in total. The van der Waals surface area contributed by atoms with Crippen LogP contribution in [0.2, 0.25) is 0 Å². The van der Waals surface area contributed by atoms with E-state index in [1.807, 2.05) is 41.0 Å². The van der Waals surface area contributed by atoms with E-state index in [0.29, 0.717) is 0 Å². The predicted octanol–water partition coefficient (Wildman–Crippen LogP) is 2.68. The molecule has 0 atom stereocenters. The van der Waals surface area contributed by atoms with Crippen LogP contribution in [0.3, 0.4) is 0 Å². The van der Waals surface area contributed by atoms with Crippen LogP contribution in [0.15, 0.2) is 42.5 Å². The van der Waals surface area contributed by atoms with Gasteiger partial charge in [0.05, 0.1) is 0 Å². The van der Waals surface area contributed by atoms with E-state index in [-0.39, 0.29) is 6.54 Å². The van der Waals surface area contributed by atoms with Crippen molar-refractivity contribution in [3.63, 3.8) is 0 Å². The van der Waals surface area contributed by atoms with Crippen molar-refractivity contribution in [1.82, 2.24) is 4.57 Å². The minimum absolute atomic E-state index is 0.0198. The Labute approximate surface area is 97.9 Å². The highest BCUT2D eigenvalue weighted by Crippen LogP contribution is 2.28. The molecule has 3 heteroatoms. The summed E-state index contributed by atoms with van der Waals surface area (Å²) in [6, 6.07) is 16.5. The highest BCUT2D eigenvalue weighted by molar-refractivity contribution is 6.08. The Hall–Kier alpha value is -2.29. The summed E-state index contributed by atoms with van der Waals surface area (Å²) in [6.07, 6.45) is 0. The van der Waals surface area contributed by atoms with E-state index < -0.39 is 5.97 Å². The molecule has 83 valence electrons. The highest BCUT2D eigenvalue weighted by atomic mass is 16.4. The quantitative estimate of drug-likeness (QED) is 0.727. The van der Waals surface area contributed by atoms with Crippen molar-refractivity contribution in [2.75, 3.05) is 0 Å². The smallest absolute Gasteiger partial charge is 0.323 e. The van der Waals surface area contributed by atoms with Crippen LogP contribution in [0.25, 0.3) is 21.8 Å². The molecule has 0 aliphatic carbocycles. The van der Waals surface area contributed by atoms with Crippen molar-refractivity contribution in [2.24, 2.45) is 0 Å². The third-order valence-electron chi connectivity index (χ3n) is 2.91. The van der Waals surface area contributed by atoms with Crippen molar-refractivity contribution in [2.45, 2.75) is 6.54 Å². The van der Waals surface area contributed by atoms with Gasteiger partial charge in [-0.25, -0.2) is 0 Å². The summed E-state index contributed by atoms with van der Waals surface area (Å²) in [7, 11) is 0. The monoisotopic (exact) mass is 224 g/mol. The SMILES string of the molecule is O=C(O)Cn1c2cc[c]cc2c2ccccc21. The second-order valence-corrected chi connectivity index (χ2v) is 3.94. The maximum atomic E-state index is 10.9. The standard InChI is InChI=1S/C14H10NO2/c16-14(17)9-15-12-7-3-1-5-10(12)11-6-2-4-8-13(11)15/h1,3-8H,9H2,(H,16,17). The molecule has 0 saturated heterocycles. The summed E-state index contributed by atoms with van der Waals surface area (Å²) in [5.41, 5.74) is 1.89. The lowest BCUT2D eigenvalue weighted by Crippen LogP contribution is -2.07. The third-order valence-corrected chi connectivity index (χ3v) is 2.91. The Balaban J connectivity index is 2.45. The minimum atomic E-state index is -0.833. The number of carboxylic acid groups (broad SMARTS) is 1. The molecule has 0 unspecified atom stereocenters. The first kappa shape index (κ1) is 9.90. The van der Waals surface area contributed by atoms with Gasteiger partial charge >= 0.3 is 5.97 Å². The number of benzene rings is 2. The fraction of sp³-hybridized carbons (Fsp3) is 0.0714. The number of rotatable bonds is 2. The average molecular weight is 224 g/mol. The molecular formula is C14H10NO2. The van der Waals surface area contributed by atoms with Crippen LogP contribution in [-0.4, -0.2) is 15.6 Å². The molecule has 0 bridgehead atoms. The second kappa shape index (κ2) is 3.63. The number of carbonyl (C=O) groups is 1. The van der Waals surface area contributed by atoms with Crippen LogP contribution >= 0.6 is 0 Å². The molecule has 0 spiro atoms. The van der Waals surface area contributed by atoms with E-state index in [9.17, 15) is 4.79 Å². The highest BCUT2D eigenvalue weighted by Gasteiger charge is 2.11. The van der Waals surface area contributed by atoms with Crippen molar-refractivity contribution in [3.8, 4) is 0 Å². The van der Waals surface area contributed by atoms with Gasteiger partial charge < -0.3 is 9.67 Å². The van der Waals surface area contributed by atoms with Crippen LogP contribution in [0.4, 0.5) is 0 Å². The number of aromatic nitrogens is 1. The van der Waals surface area contributed by atoms with Gasteiger partial charge in [-0.15, -0.1) is 0 Å². The molecule has 1 aromatic heterocycles. The van der Waals surface area contributed by atoms with E-state index >= 15 is 0 Å². The topological polar surface area (TPSA) is 42.2 Å². The number of fused-ring (bicyclic) bond motifs is 3. The van der Waals surface area contributed by atoms with Crippen LogP contribution in [0.5, 0.6) is 0 Å². The Kier molecular flexibility index (Phi) is 2.11. The van der Waals surface area contributed by atoms with Crippen LogP contribution in [0.1, 0.15) is 0 Å². The molecule has 17 heavy (non-hydrogen) atoms. The summed E-state index contributed by atoms with van der Waals surface area (Å²) in [4.78, 5) is 10.9. The molecule has 0 aliphatic heterocycles. The number of nitrogens with zero attached hydrogens (tertiary/aromatic N) is 1. The van der Waals surface area contributed by atoms with Gasteiger partial charge in [-0.2, -0.15) is 0 Å². The van der Waals surface area contributed by atoms with E-state index in [1.165, 1.54) is 0 Å². The van der Waals surface area contributed by atoms with Gasteiger partial charge in [-0.05, 0) is 24.3 Å². The maximum absolute atomic E-state index is 10.9. The Morgan fingerprint density at radius 3 is 2.76 bits per heavy atom. The summed E-state index contributed by atoms with van der Waals surface area (Å²) in [6.45, 7) is -0.0198. The van der Waals surface area contributed by atoms with Crippen molar-refractivity contribution in [1.29, 1.82) is 0 Å². The Bertz CT molecular complexity index is 659. The molecule has 1 radical (unpaired) electrons. The summed E-state index contributed by atoms with van der Waals surface area (Å²) in [5, 5.41) is 11.1. The molecule has 3 nitrogen and oxygen atoms in total. The van der Waals surface area contributed by atoms with Crippen molar-refractivity contribution < 1.29 is 9.90 Å². The van der Waals surface area contributed by atoms with E-state index in [0.717, 1.165) is 21.8 Å².